The summed E-state index contributed by atoms with van der Waals surface area (Å²) in [5, 5.41) is 5.15. The molecule has 7 nitrogen and oxygen atoms in total. The predicted octanol–water partition coefficient (Wildman–Crippen LogP) is 4.99. The molecule has 0 spiro atoms. The third-order valence-electron chi connectivity index (χ3n) is 4.96. The molecule has 2 heterocycles. The number of nitrogens with zero attached hydrogens (tertiary/aromatic N) is 2. The van der Waals surface area contributed by atoms with Gasteiger partial charge in [0.1, 0.15) is 17.2 Å². The molecule has 0 bridgehead atoms. The Morgan fingerprint density at radius 1 is 1.09 bits per heavy atom. The number of rotatable bonds is 4. The first-order valence-electron chi connectivity index (χ1n) is 9.77. The van der Waals surface area contributed by atoms with Crippen molar-refractivity contribution < 1.29 is 13.9 Å². The quantitative estimate of drug-likeness (QED) is 0.348. The fourth-order valence-corrected chi connectivity index (χ4v) is 3.72. The zero-order chi connectivity index (χ0) is 22.1. The van der Waals surface area contributed by atoms with Gasteiger partial charge < -0.3 is 14.1 Å². The number of ether oxygens (including phenoxy) is 1. The van der Waals surface area contributed by atoms with Crippen molar-refractivity contribution in [3.63, 3.8) is 0 Å². The van der Waals surface area contributed by atoms with E-state index >= 15 is 0 Å². The Kier molecular flexibility index (Phi) is 5.20. The van der Waals surface area contributed by atoms with E-state index < -0.39 is 0 Å². The van der Waals surface area contributed by atoms with Crippen LogP contribution in [-0.2, 0) is 0 Å². The second-order valence-corrected chi connectivity index (χ2v) is 7.95. The molecule has 3 aromatic carbocycles. The molecule has 0 atom stereocenters. The molecule has 0 aliphatic carbocycles. The first-order valence-corrected chi connectivity index (χ1v) is 10.6. The normalized spacial score (nSPS) is 11.8. The molecule has 0 fully saturated rings. The van der Waals surface area contributed by atoms with E-state index in [4.69, 9.17) is 9.15 Å². The summed E-state index contributed by atoms with van der Waals surface area (Å²) >= 11 is 3.49. The standard InChI is InChI=1S/C24H17BrN4O3/c1-31-17-9-6-14(7-10-17)23(30)28-29-24-18(13-15-12-16(25)8-11-21(15)32-24)22-26-19-4-2-3-5-20(19)27-22/h2-13H,1H3,(H,26,27)(H,28,30)/b29-24+. The lowest BCUT2D eigenvalue weighted by molar-refractivity contribution is 0.0951. The van der Waals surface area contributed by atoms with Gasteiger partial charge >= 0.3 is 0 Å². The lowest BCUT2D eigenvalue weighted by atomic mass is 10.2. The van der Waals surface area contributed by atoms with Crippen molar-refractivity contribution in [2.24, 2.45) is 5.10 Å². The maximum absolute atomic E-state index is 12.6. The third-order valence-corrected chi connectivity index (χ3v) is 5.46. The van der Waals surface area contributed by atoms with Gasteiger partial charge in [-0.25, -0.2) is 10.4 Å². The summed E-state index contributed by atoms with van der Waals surface area (Å²) < 4.78 is 12.1. The monoisotopic (exact) mass is 488 g/mol. The number of hydrogen-bond acceptors (Lipinski definition) is 5. The number of aromatic nitrogens is 2. The maximum Gasteiger partial charge on any atom is 0.271 e. The number of hydrogen-bond donors (Lipinski definition) is 2. The van der Waals surface area contributed by atoms with Crippen molar-refractivity contribution in [1.82, 2.24) is 15.4 Å². The van der Waals surface area contributed by atoms with E-state index in [0.717, 1.165) is 20.9 Å². The summed E-state index contributed by atoms with van der Waals surface area (Å²) in [6.45, 7) is 0. The average molecular weight is 489 g/mol. The van der Waals surface area contributed by atoms with Gasteiger partial charge in [-0.3, -0.25) is 4.79 Å². The van der Waals surface area contributed by atoms with Crippen molar-refractivity contribution in [2.45, 2.75) is 0 Å². The van der Waals surface area contributed by atoms with Gasteiger partial charge in [0.15, 0.2) is 0 Å². The van der Waals surface area contributed by atoms with Crippen LogP contribution < -0.4 is 15.7 Å². The molecule has 0 saturated carbocycles. The van der Waals surface area contributed by atoms with Crippen LogP contribution in [0.2, 0.25) is 0 Å². The molecule has 0 aliphatic heterocycles. The molecule has 2 aromatic heterocycles. The minimum atomic E-state index is -0.366. The van der Waals surface area contributed by atoms with E-state index in [0.29, 0.717) is 28.3 Å². The Balaban J connectivity index is 1.60. The van der Waals surface area contributed by atoms with Gasteiger partial charge in [-0.1, -0.05) is 28.1 Å². The summed E-state index contributed by atoms with van der Waals surface area (Å²) in [5.74, 6) is 0.893. The van der Waals surface area contributed by atoms with E-state index in [1.54, 1.807) is 31.4 Å². The minimum absolute atomic E-state index is 0.237. The second kappa shape index (κ2) is 8.32. The summed E-state index contributed by atoms with van der Waals surface area (Å²) in [4.78, 5) is 20.6. The second-order valence-electron chi connectivity index (χ2n) is 7.03. The molecular weight excluding hydrogens is 472 g/mol. The molecule has 158 valence electrons. The van der Waals surface area contributed by atoms with Gasteiger partial charge in [-0.05, 0) is 60.7 Å². The zero-order valence-electron chi connectivity index (χ0n) is 16.9. The highest BCUT2D eigenvalue weighted by Crippen LogP contribution is 2.24. The van der Waals surface area contributed by atoms with Crippen LogP contribution in [0.3, 0.4) is 0 Å². The van der Waals surface area contributed by atoms with Crippen molar-refractivity contribution in [1.29, 1.82) is 0 Å². The number of halogens is 1. The molecule has 32 heavy (non-hydrogen) atoms. The van der Waals surface area contributed by atoms with Gasteiger partial charge in [0.25, 0.3) is 5.91 Å². The number of para-hydroxylation sites is 2. The number of fused-ring (bicyclic) bond motifs is 2. The first kappa shape index (κ1) is 20.0. The largest absolute Gasteiger partial charge is 0.497 e. The number of imidazole rings is 1. The van der Waals surface area contributed by atoms with E-state index in [1.807, 2.05) is 48.5 Å². The van der Waals surface area contributed by atoms with Crippen LogP contribution in [0.5, 0.6) is 5.75 Å². The van der Waals surface area contributed by atoms with Gasteiger partial charge in [-0.2, -0.15) is 0 Å². The smallest absolute Gasteiger partial charge is 0.271 e. The van der Waals surface area contributed by atoms with Gasteiger partial charge in [0.05, 0.1) is 23.7 Å². The van der Waals surface area contributed by atoms with Crippen LogP contribution in [0.15, 0.2) is 86.8 Å². The molecule has 0 aliphatic rings. The molecule has 8 heteroatoms. The van der Waals surface area contributed by atoms with Crippen LogP contribution >= 0.6 is 15.9 Å². The molecule has 2 N–H and O–H groups in total. The van der Waals surface area contributed by atoms with E-state index in [9.17, 15) is 4.79 Å². The summed E-state index contributed by atoms with van der Waals surface area (Å²) in [6.07, 6.45) is 0. The minimum Gasteiger partial charge on any atom is -0.497 e. The van der Waals surface area contributed by atoms with Gasteiger partial charge in [0.2, 0.25) is 5.55 Å². The molecule has 5 rings (SSSR count). The summed E-state index contributed by atoms with van der Waals surface area (Å²) in [5.41, 5.74) is 6.23. The number of carbonyl (C=O) groups excluding carboxylic acids is 1. The number of amides is 1. The van der Waals surface area contributed by atoms with Gasteiger partial charge in [-0.15, -0.1) is 5.10 Å². The highest BCUT2D eigenvalue weighted by atomic mass is 79.9. The predicted molar refractivity (Wildman–Crippen MR) is 125 cm³/mol. The Hall–Kier alpha value is -3.91. The fourth-order valence-electron chi connectivity index (χ4n) is 3.34. The lowest BCUT2D eigenvalue weighted by Gasteiger charge is -2.05. The maximum atomic E-state index is 12.6. The molecule has 1 amide bonds. The van der Waals surface area contributed by atoms with Crippen molar-refractivity contribution in [3.05, 3.63) is 88.4 Å². The Morgan fingerprint density at radius 2 is 1.91 bits per heavy atom. The number of nitrogens with one attached hydrogen (secondary N) is 2. The van der Waals surface area contributed by atoms with Crippen molar-refractivity contribution >= 4 is 43.8 Å². The first-order chi connectivity index (χ1) is 15.6. The van der Waals surface area contributed by atoms with Gasteiger partial charge in [0, 0.05) is 15.4 Å². The molecular formula is C24H17BrN4O3. The molecule has 0 saturated heterocycles. The highest BCUT2D eigenvalue weighted by Gasteiger charge is 2.12. The van der Waals surface area contributed by atoms with Crippen molar-refractivity contribution in [2.75, 3.05) is 7.11 Å². The Labute approximate surface area is 190 Å². The number of benzene rings is 3. The summed E-state index contributed by atoms with van der Waals surface area (Å²) in [7, 11) is 1.57. The highest BCUT2D eigenvalue weighted by molar-refractivity contribution is 9.10. The number of methoxy groups -OCH3 is 1. The number of carbonyl (C=O) groups is 1. The number of H-pyrrole nitrogens is 1. The molecule has 5 aromatic rings. The fraction of sp³-hybridized carbons (Fsp3) is 0.0417. The van der Waals surface area contributed by atoms with E-state index in [1.165, 1.54) is 0 Å². The molecule has 0 unspecified atom stereocenters. The van der Waals surface area contributed by atoms with E-state index in [2.05, 4.69) is 36.4 Å². The third kappa shape index (κ3) is 3.88. The number of aromatic amines is 1. The van der Waals surface area contributed by atoms with Crippen LogP contribution in [0, 0.1) is 0 Å². The zero-order valence-corrected chi connectivity index (χ0v) is 18.5. The van der Waals surface area contributed by atoms with Crippen molar-refractivity contribution in [3.8, 4) is 17.1 Å². The van der Waals surface area contributed by atoms with Crippen LogP contribution in [-0.4, -0.2) is 23.0 Å². The van der Waals surface area contributed by atoms with Crippen LogP contribution in [0.1, 0.15) is 10.4 Å². The lowest BCUT2D eigenvalue weighted by Crippen LogP contribution is -2.22. The van der Waals surface area contributed by atoms with Crippen LogP contribution in [0.25, 0.3) is 33.4 Å². The topological polar surface area (TPSA) is 92.5 Å². The summed E-state index contributed by atoms with van der Waals surface area (Å²) in [6, 6.07) is 22.1. The Bertz CT molecular complexity index is 1490. The SMILES string of the molecule is COc1ccc(C(=O)N/N=c2/oc3ccc(Br)cc3cc2-c2nc3ccccc3[nH]2)cc1. The molecule has 0 radical (unpaired) electrons. The average Bonchev–Trinajstić information content (AvgIpc) is 3.26. The Morgan fingerprint density at radius 3 is 2.69 bits per heavy atom. The van der Waals surface area contributed by atoms with E-state index in [-0.39, 0.29) is 11.5 Å². The van der Waals surface area contributed by atoms with Crippen LogP contribution in [0.4, 0.5) is 0 Å².